The van der Waals surface area contributed by atoms with Gasteiger partial charge in [-0.1, -0.05) is 47.7 Å². The monoisotopic (exact) mass is 527 g/mol. The molecule has 1 N–H and O–H groups in total. The lowest BCUT2D eigenvalue weighted by molar-refractivity contribution is -0.138. The summed E-state index contributed by atoms with van der Waals surface area (Å²) in [7, 11) is 1.79. The second-order valence-electron chi connectivity index (χ2n) is 8.91. The normalized spacial score (nSPS) is 27.9. The summed E-state index contributed by atoms with van der Waals surface area (Å²) in [6.07, 6.45) is 1.53. The number of thioether (sulfide) groups is 1. The minimum atomic E-state index is -1.47. The van der Waals surface area contributed by atoms with Gasteiger partial charge in [0.2, 0.25) is 5.91 Å². The molecule has 0 radical (unpaired) electrons. The fourth-order valence-corrected chi connectivity index (χ4v) is 8.04. The Morgan fingerprint density at radius 2 is 2.00 bits per heavy atom. The molecule has 3 atom stereocenters. The summed E-state index contributed by atoms with van der Waals surface area (Å²) in [4.78, 5) is 31.8. The van der Waals surface area contributed by atoms with Crippen LogP contribution in [0.1, 0.15) is 22.8 Å². The number of likely N-dealkylation sites (N-methyl/N-ethyl adjacent to an activating group) is 1. The first-order valence-corrected chi connectivity index (χ1v) is 12.5. The number of nitrogens with one attached hydrogen (secondary N) is 1. The second kappa shape index (κ2) is 7.89. The van der Waals surface area contributed by atoms with Gasteiger partial charge in [-0.2, -0.15) is 0 Å². The molecule has 2 spiro atoms. The van der Waals surface area contributed by atoms with E-state index in [2.05, 4.69) is 5.32 Å². The maximum Gasteiger partial charge on any atom is 0.251 e. The van der Waals surface area contributed by atoms with Gasteiger partial charge in [0.25, 0.3) is 5.91 Å². The van der Waals surface area contributed by atoms with Crippen LogP contribution in [-0.4, -0.2) is 44.3 Å². The van der Waals surface area contributed by atoms with E-state index in [1.165, 1.54) is 41.1 Å². The van der Waals surface area contributed by atoms with E-state index in [9.17, 15) is 14.0 Å². The molecule has 2 aromatic carbocycles. The molecule has 0 saturated carbocycles. The zero-order valence-corrected chi connectivity index (χ0v) is 20.8. The third-order valence-corrected chi connectivity index (χ3v) is 9.40. The van der Waals surface area contributed by atoms with Crippen LogP contribution in [-0.2, 0) is 21.7 Å². The first kappa shape index (κ1) is 22.7. The average molecular weight is 528 g/mol. The molecule has 0 bridgehead atoms. The standard InChI is InChI=1S/C25H19ClFN3O3S2/c1-29-13-19(14-4-6-15(26)7-5-14)25(22(32)30(23(34)35-25)12-17-3-2-10-33-17)24(29)18-11-16(27)8-9-20(18)28-21(24)31/h2-11,19H,12-13H2,1H3,(H,28,31)/t19-,24-,25+/m1/s1. The third-order valence-electron chi connectivity index (χ3n) is 7.20. The van der Waals surface area contributed by atoms with Crippen LogP contribution in [0.15, 0.2) is 65.3 Å². The van der Waals surface area contributed by atoms with E-state index >= 15 is 0 Å². The van der Waals surface area contributed by atoms with Gasteiger partial charge in [0.05, 0.1) is 12.8 Å². The highest BCUT2D eigenvalue weighted by Crippen LogP contribution is 2.66. The van der Waals surface area contributed by atoms with E-state index in [1.54, 1.807) is 31.3 Å². The van der Waals surface area contributed by atoms with Crippen molar-refractivity contribution in [3.63, 3.8) is 0 Å². The average Bonchev–Trinajstić information content (AvgIpc) is 3.56. The molecule has 1 aromatic heterocycles. The zero-order valence-electron chi connectivity index (χ0n) is 18.5. The minimum absolute atomic E-state index is 0.143. The molecule has 6 rings (SSSR count). The zero-order chi connectivity index (χ0) is 24.5. The Labute approximate surface area is 215 Å². The van der Waals surface area contributed by atoms with Gasteiger partial charge < -0.3 is 9.73 Å². The van der Waals surface area contributed by atoms with Crippen LogP contribution < -0.4 is 5.32 Å². The van der Waals surface area contributed by atoms with Gasteiger partial charge in [-0.05, 0) is 55.1 Å². The largest absolute Gasteiger partial charge is 0.467 e. The molecule has 3 aromatic rings. The Hall–Kier alpha value is -2.72. The number of rotatable bonds is 3. The van der Waals surface area contributed by atoms with Gasteiger partial charge in [0.15, 0.2) is 5.54 Å². The van der Waals surface area contributed by atoms with Crippen molar-refractivity contribution < 1.29 is 18.4 Å². The molecule has 178 valence electrons. The first-order chi connectivity index (χ1) is 16.8. The Bertz CT molecular complexity index is 1380. The number of benzene rings is 2. The van der Waals surface area contributed by atoms with Crippen molar-refractivity contribution in [1.82, 2.24) is 9.80 Å². The SMILES string of the molecule is CN1C[C@H](c2ccc(Cl)cc2)[C@@]2(SC(=S)N(Cc3ccco3)C2=O)[C@@]12C(=O)Nc1ccc(F)cc12. The van der Waals surface area contributed by atoms with E-state index in [0.717, 1.165) is 5.56 Å². The number of furan rings is 1. The molecular weight excluding hydrogens is 509 g/mol. The van der Waals surface area contributed by atoms with Crippen LogP contribution in [0.4, 0.5) is 10.1 Å². The minimum Gasteiger partial charge on any atom is -0.467 e. The molecule has 4 heterocycles. The predicted octanol–water partition coefficient (Wildman–Crippen LogP) is 4.75. The van der Waals surface area contributed by atoms with Gasteiger partial charge in [0.1, 0.15) is 20.6 Å². The van der Waals surface area contributed by atoms with Crippen molar-refractivity contribution in [2.75, 3.05) is 18.9 Å². The van der Waals surface area contributed by atoms with Gasteiger partial charge in [0, 0.05) is 28.7 Å². The highest BCUT2D eigenvalue weighted by atomic mass is 35.5. The summed E-state index contributed by atoms with van der Waals surface area (Å²) < 4.78 is 19.0. The smallest absolute Gasteiger partial charge is 0.251 e. The van der Waals surface area contributed by atoms with Crippen molar-refractivity contribution in [1.29, 1.82) is 0 Å². The van der Waals surface area contributed by atoms with Gasteiger partial charge in [-0.25, -0.2) is 4.39 Å². The number of carbonyl (C=O) groups excluding carboxylic acids is 2. The van der Waals surface area contributed by atoms with Crippen molar-refractivity contribution in [3.8, 4) is 0 Å². The highest BCUT2D eigenvalue weighted by Gasteiger charge is 2.77. The number of thiocarbonyl (C=S) groups is 1. The van der Waals surface area contributed by atoms with E-state index in [4.69, 9.17) is 28.2 Å². The number of hydrogen-bond donors (Lipinski definition) is 1. The number of nitrogens with zero attached hydrogens (tertiary/aromatic N) is 2. The maximum atomic E-state index is 14.6. The number of carbonyl (C=O) groups is 2. The summed E-state index contributed by atoms with van der Waals surface area (Å²) in [5, 5.41) is 3.47. The molecule has 6 nitrogen and oxygen atoms in total. The van der Waals surface area contributed by atoms with Crippen LogP contribution in [0.5, 0.6) is 0 Å². The molecule has 35 heavy (non-hydrogen) atoms. The number of likely N-dealkylation sites (tertiary alicyclic amines) is 1. The number of anilines is 1. The topological polar surface area (TPSA) is 65.8 Å². The third kappa shape index (κ3) is 2.95. The van der Waals surface area contributed by atoms with E-state index in [1.807, 2.05) is 17.0 Å². The lowest BCUT2D eigenvalue weighted by Crippen LogP contribution is -2.61. The maximum absolute atomic E-state index is 14.6. The van der Waals surface area contributed by atoms with E-state index in [0.29, 0.717) is 32.9 Å². The fraction of sp³-hybridized carbons (Fsp3) is 0.240. The Morgan fingerprint density at radius 3 is 2.71 bits per heavy atom. The molecule has 3 aliphatic rings. The molecule has 3 aliphatic heterocycles. The fourth-order valence-electron chi connectivity index (χ4n) is 5.78. The van der Waals surface area contributed by atoms with Gasteiger partial charge >= 0.3 is 0 Å². The number of hydrogen-bond acceptors (Lipinski definition) is 6. The summed E-state index contributed by atoms with van der Waals surface area (Å²) in [6.45, 7) is 0.519. The van der Waals surface area contributed by atoms with Crippen molar-refractivity contribution in [2.45, 2.75) is 22.7 Å². The van der Waals surface area contributed by atoms with Gasteiger partial charge in [-0.3, -0.25) is 19.4 Å². The molecular formula is C25H19ClFN3O3S2. The van der Waals surface area contributed by atoms with Crippen LogP contribution in [0.25, 0.3) is 0 Å². The number of amides is 2. The first-order valence-electron chi connectivity index (χ1n) is 10.9. The van der Waals surface area contributed by atoms with Crippen molar-refractivity contribution in [2.24, 2.45) is 0 Å². The Kier molecular flexibility index (Phi) is 5.12. The number of fused-ring (bicyclic) bond motifs is 3. The van der Waals surface area contributed by atoms with E-state index in [-0.39, 0.29) is 18.4 Å². The second-order valence-corrected chi connectivity index (χ2v) is 11.2. The van der Waals surface area contributed by atoms with Crippen molar-refractivity contribution >= 4 is 57.4 Å². The Morgan fingerprint density at radius 1 is 1.23 bits per heavy atom. The summed E-state index contributed by atoms with van der Waals surface area (Å²) in [5.41, 5.74) is 0.297. The van der Waals surface area contributed by atoms with Crippen LogP contribution in [0.3, 0.4) is 0 Å². The van der Waals surface area contributed by atoms with Crippen molar-refractivity contribution in [3.05, 3.63) is 88.6 Å². The van der Waals surface area contributed by atoms with E-state index < -0.39 is 22.0 Å². The predicted molar refractivity (Wildman–Crippen MR) is 136 cm³/mol. The summed E-state index contributed by atoms with van der Waals surface area (Å²) in [6, 6.07) is 15.0. The number of halogens is 2. The quantitative estimate of drug-likeness (QED) is 0.496. The molecule has 10 heteroatoms. The Balaban J connectivity index is 1.60. The van der Waals surface area contributed by atoms with Crippen LogP contribution >= 0.6 is 35.6 Å². The molecule has 2 saturated heterocycles. The molecule has 0 aliphatic carbocycles. The summed E-state index contributed by atoms with van der Waals surface area (Å²) >= 11 is 13.1. The van der Waals surface area contributed by atoms with Gasteiger partial charge in [-0.15, -0.1) is 0 Å². The lowest BCUT2D eigenvalue weighted by atomic mass is 9.72. The molecule has 0 unspecified atom stereocenters. The molecule has 2 fully saturated rings. The highest BCUT2D eigenvalue weighted by molar-refractivity contribution is 8.25. The van der Waals surface area contributed by atoms with Crippen LogP contribution in [0.2, 0.25) is 5.02 Å². The van der Waals surface area contributed by atoms with Crippen LogP contribution in [0, 0.1) is 5.82 Å². The lowest BCUT2D eigenvalue weighted by Gasteiger charge is -2.41. The molecule has 2 amide bonds. The summed E-state index contributed by atoms with van der Waals surface area (Å²) in [5.74, 6) is -1.02.